The van der Waals surface area contributed by atoms with Crippen LogP contribution in [0, 0.1) is 11.7 Å². The Kier molecular flexibility index (Phi) is 6.67. The Morgan fingerprint density at radius 1 is 0.975 bits per heavy atom. The van der Waals surface area contributed by atoms with Gasteiger partial charge in [0, 0.05) is 59.1 Å². The van der Waals surface area contributed by atoms with Crippen LogP contribution in [0.2, 0.25) is 0 Å². The number of amides is 1. The number of aromatic amines is 1. The number of pyridine rings is 2. The average Bonchev–Trinajstić information content (AvgIpc) is 3.37. The third-order valence-corrected chi connectivity index (χ3v) is 7.58. The summed E-state index contributed by atoms with van der Waals surface area (Å²) in [7, 11) is 0. The van der Waals surface area contributed by atoms with E-state index >= 15 is 0 Å². The van der Waals surface area contributed by atoms with Crippen molar-refractivity contribution in [2.75, 3.05) is 11.9 Å². The number of halogens is 1. The van der Waals surface area contributed by atoms with Crippen LogP contribution in [-0.2, 0) is 4.79 Å². The molecule has 6 rings (SSSR count). The Bertz CT molecular complexity index is 1760. The van der Waals surface area contributed by atoms with Gasteiger partial charge in [-0.1, -0.05) is 51.1 Å². The summed E-state index contributed by atoms with van der Waals surface area (Å²) >= 11 is 0. The summed E-state index contributed by atoms with van der Waals surface area (Å²) in [4.78, 5) is 34.5. The molecule has 200 valence electrons. The molecular weight excluding hydrogens is 503 g/mol. The molecule has 2 N–H and O–H groups in total. The molecule has 7 nitrogen and oxygen atoms in total. The van der Waals surface area contributed by atoms with Crippen LogP contribution in [0.25, 0.3) is 33.3 Å². The number of carbonyl (C=O) groups excluding carboxylic acids is 1. The van der Waals surface area contributed by atoms with E-state index in [1.165, 1.54) is 6.07 Å². The van der Waals surface area contributed by atoms with Crippen molar-refractivity contribution in [1.82, 2.24) is 19.9 Å². The molecule has 0 radical (unpaired) electrons. The van der Waals surface area contributed by atoms with E-state index in [1.54, 1.807) is 31.3 Å². The lowest BCUT2D eigenvalue weighted by molar-refractivity contribution is -0.115. The van der Waals surface area contributed by atoms with Gasteiger partial charge >= 0.3 is 0 Å². The topological polar surface area (TPSA) is 95.9 Å². The van der Waals surface area contributed by atoms with Crippen molar-refractivity contribution in [2.24, 2.45) is 10.9 Å². The molecule has 0 fully saturated rings. The van der Waals surface area contributed by atoms with E-state index in [9.17, 15) is 9.18 Å². The van der Waals surface area contributed by atoms with E-state index in [0.29, 0.717) is 35.7 Å². The van der Waals surface area contributed by atoms with Gasteiger partial charge in [-0.3, -0.25) is 14.8 Å². The van der Waals surface area contributed by atoms with Gasteiger partial charge in [-0.15, -0.1) is 0 Å². The molecule has 0 saturated heterocycles. The molecule has 8 heteroatoms. The molecule has 2 atom stereocenters. The second-order valence-electron chi connectivity index (χ2n) is 10.2. The summed E-state index contributed by atoms with van der Waals surface area (Å²) in [6, 6.07) is 18.3. The predicted octanol–water partition coefficient (Wildman–Crippen LogP) is 6.77. The highest BCUT2D eigenvalue weighted by atomic mass is 19.1. The third-order valence-electron chi connectivity index (χ3n) is 7.58. The zero-order chi connectivity index (χ0) is 27.8. The summed E-state index contributed by atoms with van der Waals surface area (Å²) in [6.45, 7) is 6.79. The maximum atomic E-state index is 14.7. The van der Waals surface area contributed by atoms with E-state index in [0.717, 1.165) is 39.2 Å². The van der Waals surface area contributed by atoms with Gasteiger partial charge in [0.2, 0.25) is 5.91 Å². The van der Waals surface area contributed by atoms with E-state index in [2.05, 4.69) is 35.2 Å². The van der Waals surface area contributed by atoms with Crippen molar-refractivity contribution >= 4 is 28.5 Å². The number of nitrogens with one attached hydrogen (secondary N) is 2. The molecular formula is C32H29FN6O. The number of nitrogens with zero attached hydrogens (tertiary/aromatic N) is 4. The second-order valence-corrected chi connectivity index (χ2v) is 10.2. The minimum Gasteiger partial charge on any atom is -0.337 e. The minimum atomic E-state index is -0.290. The third kappa shape index (κ3) is 4.66. The van der Waals surface area contributed by atoms with Crippen molar-refractivity contribution in [3.8, 4) is 22.3 Å². The number of imidazole rings is 1. The van der Waals surface area contributed by atoms with Crippen LogP contribution in [-0.4, -0.2) is 38.1 Å². The molecule has 2 aromatic carbocycles. The first-order valence-corrected chi connectivity index (χ1v) is 13.5. The van der Waals surface area contributed by atoms with E-state index in [1.807, 2.05) is 36.5 Å². The van der Waals surface area contributed by atoms with Gasteiger partial charge < -0.3 is 10.3 Å². The van der Waals surface area contributed by atoms with Crippen molar-refractivity contribution in [3.63, 3.8) is 0 Å². The van der Waals surface area contributed by atoms with Crippen LogP contribution in [0.5, 0.6) is 0 Å². The zero-order valence-electron chi connectivity index (χ0n) is 22.6. The van der Waals surface area contributed by atoms with Crippen molar-refractivity contribution in [3.05, 3.63) is 96.0 Å². The molecule has 0 aliphatic carbocycles. The van der Waals surface area contributed by atoms with Gasteiger partial charge in [-0.05, 0) is 36.2 Å². The Hall–Kier alpha value is -4.72. The number of fused-ring (bicyclic) bond motifs is 2. The SMILES string of the molecule is CCC(=O)Nc1ccc(-c2cnc3c(c2)C(c2nc4c(-c5ccccc5F)cccc4[nH]2)=NCC(C)C3C)cn1. The fraction of sp³-hybridized carbons (Fsp3) is 0.219. The maximum absolute atomic E-state index is 14.7. The molecule has 3 aromatic heterocycles. The minimum absolute atomic E-state index is 0.0834. The molecule has 4 heterocycles. The monoisotopic (exact) mass is 532 g/mol. The van der Waals surface area contributed by atoms with Gasteiger partial charge in [0.1, 0.15) is 17.3 Å². The molecule has 1 amide bonds. The van der Waals surface area contributed by atoms with Gasteiger partial charge in [-0.25, -0.2) is 14.4 Å². The molecule has 5 aromatic rings. The first-order valence-electron chi connectivity index (χ1n) is 13.5. The number of hydrogen-bond donors (Lipinski definition) is 2. The smallest absolute Gasteiger partial charge is 0.225 e. The normalized spacial score (nSPS) is 16.8. The second kappa shape index (κ2) is 10.4. The largest absolute Gasteiger partial charge is 0.337 e. The van der Waals surface area contributed by atoms with Crippen LogP contribution in [0.4, 0.5) is 10.2 Å². The summed E-state index contributed by atoms with van der Waals surface area (Å²) < 4.78 is 14.7. The van der Waals surface area contributed by atoms with Crippen LogP contribution in [0.1, 0.15) is 50.2 Å². The van der Waals surface area contributed by atoms with Crippen LogP contribution in [0.15, 0.2) is 78.0 Å². The summed E-state index contributed by atoms with van der Waals surface area (Å²) in [5.74, 6) is 1.23. The molecule has 0 saturated carbocycles. The van der Waals surface area contributed by atoms with Gasteiger partial charge in [0.15, 0.2) is 5.82 Å². The van der Waals surface area contributed by atoms with E-state index in [4.69, 9.17) is 15.0 Å². The fourth-order valence-electron chi connectivity index (χ4n) is 5.05. The number of aromatic nitrogens is 4. The highest BCUT2D eigenvalue weighted by Gasteiger charge is 2.28. The Labute approximate surface area is 231 Å². The quantitative estimate of drug-likeness (QED) is 0.261. The number of H-pyrrole nitrogens is 1. The number of rotatable bonds is 5. The first-order chi connectivity index (χ1) is 19.4. The van der Waals surface area contributed by atoms with Gasteiger partial charge in [0.05, 0.1) is 16.7 Å². The van der Waals surface area contributed by atoms with Crippen LogP contribution in [0.3, 0.4) is 0 Å². The molecule has 0 bridgehead atoms. The molecule has 1 aliphatic rings. The number of aliphatic imine (C=N–C) groups is 1. The highest BCUT2D eigenvalue weighted by molar-refractivity contribution is 6.13. The molecule has 1 aliphatic heterocycles. The van der Waals surface area contributed by atoms with Crippen LogP contribution < -0.4 is 5.32 Å². The standard InChI is InChI=1S/C32H29FN6O/c1-4-28(40)38-27-13-12-20(16-34-27)21-14-24-29(36-17-21)19(3)18(2)15-35-31(24)32-37-26-11-7-9-23(30(26)39-32)22-8-5-6-10-25(22)33/h5-14,16-19H,4,15H2,1-3H3,(H,37,39)(H,34,38,40). The Morgan fingerprint density at radius 2 is 1.77 bits per heavy atom. The number of benzene rings is 2. The van der Waals surface area contributed by atoms with Crippen molar-refractivity contribution in [2.45, 2.75) is 33.1 Å². The number of anilines is 1. The Balaban J connectivity index is 1.45. The van der Waals surface area contributed by atoms with Crippen LogP contribution >= 0.6 is 0 Å². The van der Waals surface area contributed by atoms with E-state index in [-0.39, 0.29) is 23.6 Å². The van der Waals surface area contributed by atoms with Gasteiger partial charge in [0.25, 0.3) is 0 Å². The maximum Gasteiger partial charge on any atom is 0.225 e. The molecule has 2 unspecified atom stereocenters. The van der Waals surface area contributed by atoms with Crippen molar-refractivity contribution in [1.29, 1.82) is 0 Å². The number of carbonyl (C=O) groups is 1. The lowest BCUT2D eigenvalue weighted by atomic mass is 9.89. The summed E-state index contributed by atoms with van der Waals surface area (Å²) in [6.07, 6.45) is 3.98. The molecule has 40 heavy (non-hydrogen) atoms. The first kappa shape index (κ1) is 25.6. The lowest BCUT2D eigenvalue weighted by Gasteiger charge is -2.18. The van der Waals surface area contributed by atoms with Crippen molar-refractivity contribution < 1.29 is 9.18 Å². The predicted molar refractivity (Wildman–Crippen MR) is 156 cm³/mol. The van der Waals surface area contributed by atoms with E-state index < -0.39 is 0 Å². The fourth-order valence-corrected chi connectivity index (χ4v) is 5.05. The summed E-state index contributed by atoms with van der Waals surface area (Å²) in [5.41, 5.74) is 7.09. The Morgan fingerprint density at radius 3 is 2.55 bits per heavy atom. The number of para-hydroxylation sites is 1. The summed E-state index contributed by atoms with van der Waals surface area (Å²) in [5, 5.41) is 2.78. The highest BCUT2D eigenvalue weighted by Crippen LogP contribution is 2.34. The lowest BCUT2D eigenvalue weighted by Crippen LogP contribution is -2.12. The average molecular weight is 533 g/mol. The zero-order valence-corrected chi connectivity index (χ0v) is 22.6. The van der Waals surface area contributed by atoms with Gasteiger partial charge in [-0.2, -0.15) is 0 Å². The number of hydrogen-bond acceptors (Lipinski definition) is 5. The molecule has 0 spiro atoms.